The molecule has 1 aliphatic carbocycles. The SMILES string of the molecule is CC(c1ccccc1)N1CCN(CC(c2cccc(OC(F)(F)F)c2)C2(O)CCCCC2)CC1.Cl.Cl. The number of piperazine rings is 1. The molecule has 2 atom stereocenters. The van der Waals surface area contributed by atoms with Gasteiger partial charge in [0.05, 0.1) is 5.60 Å². The first-order valence-electron chi connectivity index (χ1n) is 12.3. The number of benzene rings is 2. The minimum Gasteiger partial charge on any atom is -0.406 e. The lowest BCUT2D eigenvalue weighted by atomic mass is 9.72. The maximum absolute atomic E-state index is 12.8. The highest BCUT2D eigenvalue weighted by Crippen LogP contribution is 2.41. The summed E-state index contributed by atoms with van der Waals surface area (Å²) >= 11 is 0. The largest absolute Gasteiger partial charge is 0.573 e. The Balaban J connectivity index is 0.00000228. The minimum absolute atomic E-state index is 0. The van der Waals surface area contributed by atoms with Crippen molar-refractivity contribution in [1.82, 2.24) is 9.80 Å². The Kier molecular flexibility index (Phi) is 11.4. The monoisotopic (exact) mass is 548 g/mol. The molecule has 2 fully saturated rings. The third-order valence-corrected chi connectivity index (χ3v) is 7.54. The van der Waals surface area contributed by atoms with Crippen LogP contribution < -0.4 is 4.74 Å². The van der Waals surface area contributed by atoms with Gasteiger partial charge in [-0.3, -0.25) is 4.90 Å². The zero-order chi connectivity index (χ0) is 24.2. The molecular formula is C27H37Cl2F3N2O2. The van der Waals surface area contributed by atoms with Crippen molar-refractivity contribution >= 4 is 24.8 Å². The van der Waals surface area contributed by atoms with E-state index in [-0.39, 0.29) is 36.5 Å². The predicted molar refractivity (Wildman–Crippen MR) is 141 cm³/mol. The number of halogens is 5. The number of hydrogen-bond acceptors (Lipinski definition) is 4. The van der Waals surface area contributed by atoms with Crippen LogP contribution in [0.5, 0.6) is 5.75 Å². The summed E-state index contributed by atoms with van der Waals surface area (Å²) in [5, 5.41) is 11.6. The molecule has 4 rings (SSSR count). The van der Waals surface area contributed by atoms with Gasteiger partial charge >= 0.3 is 6.36 Å². The molecule has 2 aromatic rings. The van der Waals surface area contributed by atoms with E-state index < -0.39 is 12.0 Å². The van der Waals surface area contributed by atoms with Crippen molar-refractivity contribution in [2.75, 3.05) is 32.7 Å². The summed E-state index contributed by atoms with van der Waals surface area (Å²) in [6, 6.07) is 17.0. The highest BCUT2D eigenvalue weighted by atomic mass is 35.5. The fourth-order valence-electron chi connectivity index (χ4n) is 5.56. The average molecular weight is 550 g/mol. The van der Waals surface area contributed by atoms with Gasteiger partial charge in [0.25, 0.3) is 0 Å². The van der Waals surface area contributed by atoms with Gasteiger partial charge in [0.2, 0.25) is 0 Å². The molecule has 1 aliphatic heterocycles. The number of aliphatic hydroxyl groups is 1. The molecule has 0 bridgehead atoms. The van der Waals surface area contributed by atoms with Crippen LogP contribution in [0.1, 0.15) is 62.1 Å². The molecule has 2 unspecified atom stereocenters. The predicted octanol–water partition coefficient (Wildman–Crippen LogP) is 6.59. The second-order valence-electron chi connectivity index (χ2n) is 9.76. The number of ether oxygens (including phenoxy) is 1. The highest BCUT2D eigenvalue weighted by Gasteiger charge is 2.40. The molecule has 0 aromatic heterocycles. The van der Waals surface area contributed by atoms with Gasteiger partial charge in [-0.05, 0) is 43.0 Å². The Bertz CT molecular complexity index is 919. The third-order valence-electron chi connectivity index (χ3n) is 7.54. The molecule has 36 heavy (non-hydrogen) atoms. The van der Waals surface area contributed by atoms with Gasteiger partial charge in [-0.2, -0.15) is 0 Å². The van der Waals surface area contributed by atoms with Crippen LogP contribution in [0.15, 0.2) is 54.6 Å². The van der Waals surface area contributed by atoms with Crippen molar-refractivity contribution < 1.29 is 23.0 Å². The van der Waals surface area contributed by atoms with E-state index in [2.05, 4.69) is 45.7 Å². The lowest BCUT2D eigenvalue weighted by Crippen LogP contribution is -2.51. The molecule has 4 nitrogen and oxygen atoms in total. The summed E-state index contributed by atoms with van der Waals surface area (Å²) in [6.07, 6.45) is -0.424. The van der Waals surface area contributed by atoms with Crippen LogP contribution in [0.3, 0.4) is 0 Å². The van der Waals surface area contributed by atoms with Crippen molar-refractivity contribution in [3.8, 4) is 5.75 Å². The van der Waals surface area contributed by atoms with Crippen LogP contribution >= 0.6 is 24.8 Å². The molecule has 1 heterocycles. The van der Waals surface area contributed by atoms with Crippen LogP contribution in [0.4, 0.5) is 13.2 Å². The summed E-state index contributed by atoms with van der Waals surface area (Å²) in [4.78, 5) is 4.82. The Labute approximate surface area is 224 Å². The molecule has 202 valence electrons. The van der Waals surface area contributed by atoms with Crippen LogP contribution in [-0.2, 0) is 0 Å². The summed E-state index contributed by atoms with van der Waals surface area (Å²) in [6.45, 7) is 6.41. The fraction of sp³-hybridized carbons (Fsp3) is 0.556. The lowest BCUT2D eigenvalue weighted by Gasteiger charge is -2.44. The lowest BCUT2D eigenvalue weighted by molar-refractivity contribution is -0.274. The number of alkyl halides is 3. The Morgan fingerprint density at radius 3 is 2.11 bits per heavy atom. The number of hydrogen-bond donors (Lipinski definition) is 1. The van der Waals surface area contributed by atoms with Crippen molar-refractivity contribution in [2.24, 2.45) is 0 Å². The molecular weight excluding hydrogens is 512 g/mol. The standard InChI is InChI=1S/C27H35F3N2O2.2ClH/c1-21(22-9-4-2-5-10-22)32-17-15-31(16-18-32)20-25(26(33)13-6-3-7-14-26)23-11-8-12-24(19-23)34-27(28,29)30;;/h2,4-5,8-12,19,21,25,33H,3,6-7,13-18,20H2,1H3;2*1H. The van der Waals surface area contributed by atoms with E-state index >= 15 is 0 Å². The van der Waals surface area contributed by atoms with Gasteiger partial charge in [-0.15, -0.1) is 38.0 Å². The summed E-state index contributed by atoms with van der Waals surface area (Å²) in [5.74, 6) is -0.487. The van der Waals surface area contributed by atoms with Crippen LogP contribution in [0, 0.1) is 0 Å². The first-order valence-corrected chi connectivity index (χ1v) is 12.3. The zero-order valence-corrected chi connectivity index (χ0v) is 22.3. The molecule has 2 aromatic carbocycles. The molecule has 0 radical (unpaired) electrons. The molecule has 1 saturated carbocycles. The Morgan fingerprint density at radius 1 is 0.889 bits per heavy atom. The average Bonchev–Trinajstić information content (AvgIpc) is 2.82. The third kappa shape index (κ3) is 7.99. The fourth-order valence-corrected chi connectivity index (χ4v) is 5.56. The van der Waals surface area contributed by atoms with Gasteiger partial charge in [0, 0.05) is 44.7 Å². The van der Waals surface area contributed by atoms with E-state index in [1.54, 1.807) is 6.07 Å². The highest BCUT2D eigenvalue weighted by molar-refractivity contribution is 5.85. The second-order valence-corrected chi connectivity index (χ2v) is 9.76. The summed E-state index contributed by atoms with van der Waals surface area (Å²) in [7, 11) is 0. The topological polar surface area (TPSA) is 35.9 Å². The zero-order valence-electron chi connectivity index (χ0n) is 20.6. The summed E-state index contributed by atoms with van der Waals surface area (Å²) in [5.41, 5.74) is 1.10. The van der Waals surface area contributed by atoms with Crippen molar-refractivity contribution in [3.63, 3.8) is 0 Å². The van der Waals surface area contributed by atoms with Crippen molar-refractivity contribution in [3.05, 3.63) is 65.7 Å². The van der Waals surface area contributed by atoms with Gasteiger partial charge < -0.3 is 14.7 Å². The maximum atomic E-state index is 12.8. The van der Waals surface area contributed by atoms with E-state index in [0.717, 1.165) is 45.4 Å². The van der Waals surface area contributed by atoms with Gasteiger partial charge in [0.15, 0.2) is 0 Å². The second kappa shape index (κ2) is 13.3. The van der Waals surface area contributed by atoms with Crippen molar-refractivity contribution in [1.29, 1.82) is 0 Å². The van der Waals surface area contributed by atoms with Crippen LogP contribution in [0.2, 0.25) is 0 Å². The minimum atomic E-state index is -4.73. The summed E-state index contributed by atoms with van der Waals surface area (Å²) < 4.78 is 42.6. The van der Waals surface area contributed by atoms with Gasteiger partial charge in [0.1, 0.15) is 5.75 Å². The van der Waals surface area contributed by atoms with Crippen molar-refractivity contribution in [2.45, 2.75) is 63.0 Å². The Morgan fingerprint density at radius 2 is 1.50 bits per heavy atom. The normalized spacial score (nSPS) is 20.5. The van der Waals surface area contributed by atoms with Crippen LogP contribution in [0.25, 0.3) is 0 Å². The van der Waals surface area contributed by atoms with E-state index in [1.165, 1.54) is 17.7 Å². The van der Waals surface area contributed by atoms with E-state index in [9.17, 15) is 18.3 Å². The van der Waals surface area contributed by atoms with Gasteiger partial charge in [-0.25, -0.2) is 0 Å². The maximum Gasteiger partial charge on any atom is 0.573 e. The molecule has 1 saturated heterocycles. The van der Waals surface area contributed by atoms with Gasteiger partial charge in [-0.1, -0.05) is 61.7 Å². The van der Waals surface area contributed by atoms with E-state index in [4.69, 9.17) is 0 Å². The molecule has 9 heteroatoms. The van der Waals surface area contributed by atoms with Crippen LogP contribution in [-0.4, -0.2) is 59.6 Å². The molecule has 0 spiro atoms. The van der Waals surface area contributed by atoms with E-state index in [0.29, 0.717) is 31.0 Å². The van der Waals surface area contributed by atoms with E-state index in [1.807, 2.05) is 12.1 Å². The Hall–Kier alpha value is -1.51. The smallest absolute Gasteiger partial charge is 0.406 e. The first-order chi connectivity index (χ1) is 16.2. The molecule has 0 amide bonds. The number of rotatable bonds is 7. The first kappa shape index (κ1) is 30.7. The molecule has 1 N–H and O–H groups in total. The number of nitrogens with zero attached hydrogens (tertiary/aromatic N) is 2. The quantitative estimate of drug-likeness (QED) is 0.423. The molecule has 2 aliphatic rings.